The lowest BCUT2D eigenvalue weighted by molar-refractivity contribution is -0.119. The first-order chi connectivity index (χ1) is 15.8. The van der Waals surface area contributed by atoms with Crippen molar-refractivity contribution in [2.24, 2.45) is 0 Å². The summed E-state index contributed by atoms with van der Waals surface area (Å²) in [6.45, 7) is -0.128. The zero-order valence-corrected chi connectivity index (χ0v) is 19.1. The van der Waals surface area contributed by atoms with E-state index in [1.165, 1.54) is 31.4 Å². The Bertz CT molecular complexity index is 1310. The van der Waals surface area contributed by atoms with E-state index in [0.29, 0.717) is 15.1 Å². The summed E-state index contributed by atoms with van der Waals surface area (Å²) < 4.78 is 32.5. The number of para-hydroxylation sites is 1. The van der Waals surface area contributed by atoms with E-state index in [0.717, 1.165) is 10.5 Å². The monoisotopic (exact) mass is 485 g/mol. The average Bonchev–Trinajstić information content (AvgIpc) is 2.81. The van der Waals surface area contributed by atoms with Gasteiger partial charge in [0.1, 0.15) is 17.2 Å². The van der Waals surface area contributed by atoms with Crippen LogP contribution in [0.5, 0.6) is 5.75 Å². The fourth-order valence-electron chi connectivity index (χ4n) is 3.45. The molecule has 0 radical (unpaired) electrons. The van der Waals surface area contributed by atoms with Crippen LogP contribution in [0.2, 0.25) is 5.02 Å². The normalized spacial score (nSPS) is 14.5. The summed E-state index contributed by atoms with van der Waals surface area (Å²) in [5, 5.41) is 3.33. The Morgan fingerprint density at radius 2 is 1.76 bits per heavy atom. The number of sulfonamides is 1. The molecule has 10 heteroatoms. The van der Waals surface area contributed by atoms with Gasteiger partial charge in [0.15, 0.2) is 0 Å². The number of ether oxygens (including phenoxy) is 1. The third kappa shape index (κ3) is 4.50. The Kier molecular flexibility index (Phi) is 6.26. The van der Waals surface area contributed by atoms with E-state index in [-0.39, 0.29) is 29.4 Å². The molecule has 33 heavy (non-hydrogen) atoms. The van der Waals surface area contributed by atoms with E-state index < -0.39 is 22.0 Å². The summed E-state index contributed by atoms with van der Waals surface area (Å²) in [6.07, 6.45) is 0. The Labute approximate surface area is 196 Å². The molecule has 4 rings (SSSR count). The molecule has 3 aromatic rings. The summed E-state index contributed by atoms with van der Waals surface area (Å²) in [6, 6.07) is 18.4. The predicted octanol–water partition coefficient (Wildman–Crippen LogP) is 3.80. The van der Waals surface area contributed by atoms with E-state index in [1.807, 2.05) is 0 Å². The van der Waals surface area contributed by atoms with Gasteiger partial charge in [0, 0.05) is 17.6 Å². The topological polar surface area (TPSA) is 96.0 Å². The molecule has 8 nitrogen and oxygen atoms in total. The Balaban J connectivity index is 1.64. The number of anilines is 2. The summed E-state index contributed by atoms with van der Waals surface area (Å²) in [5.41, 5.74) is 1.09. The standard InChI is InChI=1S/C23H20ClN3O5S/c1-32-19-6-4-5-18(13-19)27-23(29)26(20-7-2-3-8-21(20)33(27,30)31)15-22(28)25-14-16-9-11-17(24)12-10-16/h2-13H,14-15H2,1H3,(H,25,28). The van der Waals surface area contributed by atoms with Crippen molar-refractivity contribution < 1.29 is 22.7 Å². The predicted molar refractivity (Wildman–Crippen MR) is 125 cm³/mol. The molecule has 1 heterocycles. The quantitative estimate of drug-likeness (QED) is 0.573. The highest BCUT2D eigenvalue weighted by Gasteiger charge is 2.43. The molecular formula is C23H20ClN3O5S. The third-order valence-electron chi connectivity index (χ3n) is 5.07. The largest absolute Gasteiger partial charge is 0.497 e. The molecule has 0 unspecified atom stereocenters. The first kappa shape index (κ1) is 22.6. The highest BCUT2D eigenvalue weighted by Crippen LogP contribution is 2.37. The molecule has 1 aliphatic heterocycles. The fourth-order valence-corrected chi connectivity index (χ4v) is 5.16. The number of hydrogen-bond acceptors (Lipinski definition) is 5. The lowest BCUT2D eigenvalue weighted by atomic mass is 10.2. The van der Waals surface area contributed by atoms with Crippen LogP contribution in [0.15, 0.2) is 77.7 Å². The van der Waals surface area contributed by atoms with Gasteiger partial charge in [-0.2, -0.15) is 4.31 Å². The molecule has 0 fully saturated rings. The van der Waals surface area contributed by atoms with Crippen molar-refractivity contribution in [1.29, 1.82) is 0 Å². The van der Waals surface area contributed by atoms with Gasteiger partial charge in [-0.1, -0.05) is 41.9 Å². The molecule has 3 aromatic carbocycles. The Morgan fingerprint density at radius 1 is 1.03 bits per heavy atom. The Hall–Kier alpha value is -3.56. The van der Waals surface area contributed by atoms with Crippen molar-refractivity contribution in [3.8, 4) is 5.75 Å². The molecule has 0 bridgehead atoms. The molecule has 170 valence electrons. The van der Waals surface area contributed by atoms with Gasteiger partial charge in [-0.15, -0.1) is 0 Å². The van der Waals surface area contributed by atoms with Crippen LogP contribution in [0.3, 0.4) is 0 Å². The van der Waals surface area contributed by atoms with E-state index in [1.54, 1.807) is 48.5 Å². The first-order valence-electron chi connectivity index (χ1n) is 9.92. The minimum Gasteiger partial charge on any atom is -0.497 e. The van der Waals surface area contributed by atoms with Gasteiger partial charge in [0.25, 0.3) is 10.0 Å². The lowest BCUT2D eigenvalue weighted by Crippen LogP contribution is -2.53. The minimum atomic E-state index is -4.20. The number of benzene rings is 3. The van der Waals surface area contributed by atoms with Crippen LogP contribution in [0.1, 0.15) is 5.56 Å². The van der Waals surface area contributed by atoms with Crippen molar-refractivity contribution in [2.45, 2.75) is 11.4 Å². The molecule has 0 saturated carbocycles. The molecule has 3 amide bonds. The second-order valence-electron chi connectivity index (χ2n) is 7.21. The van der Waals surface area contributed by atoms with Crippen LogP contribution in [0, 0.1) is 0 Å². The number of urea groups is 1. The number of amides is 3. The second-order valence-corrected chi connectivity index (χ2v) is 9.40. The number of halogens is 1. The number of rotatable bonds is 6. The number of carbonyl (C=O) groups excluding carboxylic acids is 2. The van der Waals surface area contributed by atoms with Crippen LogP contribution in [-0.2, 0) is 21.4 Å². The van der Waals surface area contributed by atoms with E-state index in [9.17, 15) is 18.0 Å². The Morgan fingerprint density at radius 3 is 2.48 bits per heavy atom. The van der Waals surface area contributed by atoms with E-state index in [4.69, 9.17) is 16.3 Å². The van der Waals surface area contributed by atoms with Gasteiger partial charge in [-0.25, -0.2) is 13.2 Å². The van der Waals surface area contributed by atoms with Crippen LogP contribution >= 0.6 is 11.6 Å². The van der Waals surface area contributed by atoms with Gasteiger partial charge in [0.2, 0.25) is 5.91 Å². The van der Waals surface area contributed by atoms with Gasteiger partial charge in [-0.3, -0.25) is 9.69 Å². The van der Waals surface area contributed by atoms with Gasteiger partial charge in [0.05, 0.1) is 18.5 Å². The summed E-state index contributed by atoms with van der Waals surface area (Å²) in [7, 11) is -2.75. The van der Waals surface area contributed by atoms with Crippen LogP contribution in [0.4, 0.5) is 16.2 Å². The summed E-state index contributed by atoms with van der Waals surface area (Å²) in [5.74, 6) is -0.0559. The number of methoxy groups -OCH3 is 1. The van der Waals surface area contributed by atoms with E-state index >= 15 is 0 Å². The highest BCUT2D eigenvalue weighted by molar-refractivity contribution is 7.94. The molecule has 0 spiro atoms. The molecule has 0 aliphatic carbocycles. The van der Waals surface area contributed by atoms with E-state index in [2.05, 4.69) is 5.32 Å². The van der Waals surface area contributed by atoms with Crippen molar-refractivity contribution >= 4 is 44.9 Å². The van der Waals surface area contributed by atoms with Crippen LogP contribution in [0.25, 0.3) is 0 Å². The fraction of sp³-hybridized carbons (Fsp3) is 0.130. The zero-order valence-electron chi connectivity index (χ0n) is 17.6. The maximum atomic E-state index is 13.4. The summed E-state index contributed by atoms with van der Waals surface area (Å²) in [4.78, 5) is 27.2. The summed E-state index contributed by atoms with van der Waals surface area (Å²) >= 11 is 5.88. The van der Waals surface area contributed by atoms with Gasteiger partial charge in [-0.05, 0) is 42.0 Å². The highest BCUT2D eigenvalue weighted by atomic mass is 35.5. The lowest BCUT2D eigenvalue weighted by Gasteiger charge is -2.35. The number of nitrogens with zero attached hydrogens (tertiary/aromatic N) is 2. The molecule has 1 N–H and O–H groups in total. The van der Waals surface area contributed by atoms with Crippen LogP contribution < -0.4 is 19.3 Å². The van der Waals surface area contributed by atoms with Crippen molar-refractivity contribution in [1.82, 2.24) is 5.32 Å². The van der Waals surface area contributed by atoms with Crippen molar-refractivity contribution in [2.75, 3.05) is 22.9 Å². The zero-order chi connectivity index (χ0) is 23.6. The number of carbonyl (C=O) groups is 2. The molecule has 0 saturated heterocycles. The average molecular weight is 486 g/mol. The number of hydrogen-bond donors (Lipinski definition) is 1. The van der Waals surface area contributed by atoms with Crippen molar-refractivity contribution in [3.63, 3.8) is 0 Å². The van der Waals surface area contributed by atoms with Crippen molar-refractivity contribution in [3.05, 3.63) is 83.4 Å². The molecular weight excluding hydrogens is 466 g/mol. The van der Waals surface area contributed by atoms with Crippen LogP contribution in [-0.4, -0.2) is 34.0 Å². The van der Waals surface area contributed by atoms with Gasteiger partial charge >= 0.3 is 6.03 Å². The molecule has 1 aliphatic rings. The number of nitrogens with one attached hydrogen (secondary N) is 1. The minimum absolute atomic E-state index is 0.0714. The first-order valence-corrected chi connectivity index (χ1v) is 11.7. The third-order valence-corrected chi connectivity index (χ3v) is 7.07. The number of fused-ring (bicyclic) bond motifs is 1. The smallest absolute Gasteiger partial charge is 0.343 e. The van der Waals surface area contributed by atoms with Gasteiger partial charge < -0.3 is 10.1 Å². The SMILES string of the molecule is COc1cccc(N2C(=O)N(CC(=O)NCc3ccc(Cl)cc3)c3ccccc3S2(=O)=O)c1. The molecule has 0 atom stereocenters. The molecule has 0 aromatic heterocycles. The maximum Gasteiger partial charge on any atom is 0.343 e. The maximum absolute atomic E-state index is 13.4. The second kappa shape index (κ2) is 9.13.